The first kappa shape index (κ1) is 19.5. The molecule has 0 unspecified atom stereocenters. The highest BCUT2D eigenvalue weighted by Gasteiger charge is 2.19. The molecule has 0 radical (unpaired) electrons. The molecule has 3 nitrogen and oxygen atoms in total. The zero-order valence-corrected chi connectivity index (χ0v) is 16.2. The van der Waals surface area contributed by atoms with Gasteiger partial charge in [-0.2, -0.15) is 0 Å². The zero-order valence-electron chi connectivity index (χ0n) is 16.2. The molecule has 1 heterocycles. The lowest BCUT2D eigenvalue weighted by molar-refractivity contribution is 0.101. The molecular formula is C25H18F2N2O. The standard InChI is InChI=1S/C25H18F2N2O/c1-16-5-2-3-6-19(16)18-9-10-23(20(15-18)17-11-13-28-14-12-17)29-25(30)24-21(26)7-4-8-22(24)27/h2-15H,1H3,(H,29,30). The number of carbonyl (C=O) groups is 1. The number of benzene rings is 3. The normalized spacial score (nSPS) is 10.6. The van der Waals surface area contributed by atoms with Crippen molar-refractivity contribution in [3.05, 3.63) is 108 Å². The summed E-state index contributed by atoms with van der Waals surface area (Å²) in [6.07, 6.45) is 3.30. The van der Waals surface area contributed by atoms with Crippen LogP contribution in [0.3, 0.4) is 0 Å². The van der Waals surface area contributed by atoms with Crippen molar-refractivity contribution in [1.29, 1.82) is 0 Å². The second kappa shape index (κ2) is 8.25. The summed E-state index contributed by atoms with van der Waals surface area (Å²) >= 11 is 0. The van der Waals surface area contributed by atoms with Crippen LogP contribution in [0.25, 0.3) is 22.3 Å². The van der Waals surface area contributed by atoms with E-state index in [1.54, 1.807) is 18.5 Å². The second-order valence-corrected chi connectivity index (χ2v) is 6.86. The van der Waals surface area contributed by atoms with Gasteiger partial charge < -0.3 is 5.32 Å². The average Bonchev–Trinajstić information content (AvgIpc) is 2.75. The highest BCUT2D eigenvalue weighted by Crippen LogP contribution is 2.34. The van der Waals surface area contributed by atoms with Gasteiger partial charge in [-0.1, -0.05) is 36.4 Å². The number of hydrogen-bond acceptors (Lipinski definition) is 2. The molecule has 0 atom stereocenters. The van der Waals surface area contributed by atoms with Gasteiger partial charge in [-0.3, -0.25) is 9.78 Å². The van der Waals surface area contributed by atoms with Crippen molar-refractivity contribution in [2.45, 2.75) is 6.92 Å². The predicted octanol–water partition coefficient (Wildman–Crippen LogP) is 6.25. The average molecular weight is 400 g/mol. The number of amides is 1. The van der Waals surface area contributed by atoms with E-state index >= 15 is 0 Å². The molecule has 1 aromatic heterocycles. The van der Waals surface area contributed by atoms with Crippen LogP contribution in [0.2, 0.25) is 0 Å². The lowest BCUT2D eigenvalue weighted by Gasteiger charge is -2.15. The number of aromatic nitrogens is 1. The Morgan fingerprint density at radius 3 is 2.20 bits per heavy atom. The first-order chi connectivity index (χ1) is 14.5. The summed E-state index contributed by atoms with van der Waals surface area (Å²) in [5.41, 5.74) is 4.53. The fourth-order valence-corrected chi connectivity index (χ4v) is 3.39. The van der Waals surface area contributed by atoms with Crippen molar-refractivity contribution >= 4 is 11.6 Å². The van der Waals surface area contributed by atoms with Gasteiger partial charge in [0.15, 0.2) is 0 Å². The van der Waals surface area contributed by atoms with Crippen LogP contribution in [0.1, 0.15) is 15.9 Å². The first-order valence-electron chi connectivity index (χ1n) is 9.40. The molecule has 0 saturated heterocycles. The molecule has 5 heteroatoms. The van der Waals surface area contributed by atoms with Crippen LogP contribution in [0.4, 0.5) is 14.5 Å². The summed E-state index contributed by atoms with van der Waals surface area (Å²) in [5, 5.41) is 2.66. The first-order valence-corrected chi connectivity index (χ1v) is 9.40. The Bertz CT molecular complexity index is 1200. The quantitative estimate of drug-likeness (QED) is 0.440. The predicted molar refractivity (Wildman–Crippen MR) is 114 cm³/mol. The highest BCUT2D eigenvalue weighted by molar-refractivity contribution is 6.07. The van der Waals surface area contributed by atoms with E-state index in [0.717, 1.165) is 39.9 Å². The zero-order chi connectivity index (χ0) is 21.1. The molecule has 30 heavy (non-hydrogen) atoms. The minimum absolute atomic E-state index is 0.450. The molecule has 0 aliphatic carbocycles. The lowest BCUT2D eigenvalue weighted by atomic mass is 9.95. The molecular weight excluding hydrogens is 382 g/mol. The van der Waals surface area contributed by atoms with Crippen molar-refractivity contribution in [2.75, 3.05) is 5.32 Å². The van der Waals surface area contributed by atoms with E-state index in [1.165, 1.54) is 6.07 Å². The van der Waals surface area contributed by atoms with Gasteiger partial charge in [0.25, 0.3) is 5.91 Å². The monoisotopic (exact) mass is 400 g/mol. The molecule has 4 rings (SSSR count). The molecule has 3 aromatic carbocycles. The minimum atomic E-state index is -0.908. The van der Waals surface area contributed by atoms with Gasteiger partial charge in [-0.15, -0.1) is 0 Å². The van der Waals surface area contributed by atoms with Crippen LogP contribution in [0.15, 0.2) is 85.2 Å². The lowest BCUT2D eigenvalue weighted by Crippen LogP contribution is -2.16. The summed E-state index contributed by atoms with van der Waals surface area (Å²) in [5.74, 6) is -2.66. The Morgan fingerprint density at radius 1 is 0.800 bits per heavy atom. The Kier molecular flexibility index (Phi) is 5.35. The Labute approximate surface area is 173 Å². The van der Waals surface area contributed by atoms with E-state index in [-0.39, 0.29) is 0 Å². The van der Waals surface area contributed by atoms with Gasteiger partial charge in [0.2, 0.25) is 0 Å². The maximum absolute atomic E-state index is 14.0. The van der Waals surface area contributed by atoms with Gasteiger partial charge >= 0.3 is 0 Å². The van der Waals surface area contributed by atoms with Crippen LogP contribution < -0.4 is 5.32 Å². The van der Waals surface area contributed by atoms with Crippen LogP contribution in [0.5, 0.6) is 0 Å². The Morgan fingerprint density at radius 2 is 1.50 bits per heavy atom. The number of rotatable bonds is 4. The van der Waals surface area contributed by atoms with Gasteiger partial charge in [0.05, 0.1) is 0 Å². The van der Waals surface area contributed by atoms with Gasteiger partial charge in [0, 0.05) is 23.6 Å². The molecule has 0 fully saturated rings. The third kappa shape index (κ3) is 3.82. The fourth-order valence-electron chi connectivity index (χ4n) is 3.39. The Hall–Kier alpha value is -3.86. The number of anilines is 1. The van der Waals surface area contributed by atoms with E-state index in [4.69, 9.17) is 0 Å². The van der Waals surface area contributed by atoms with Crippen LogP contribution in [0, 0.1) is 18.6 Å². The van der Waals surface area contributed by atoms with Crippen molar-refractivity contribution in [1.82, 2.24) is 4.98 Å². The summed E-state index contributed by atoms with van der Waals surface area (Å²) in [6.45, 7) is 2.03. The number of hydrogen-bond donors (Lipinski definition) is 1. The van der Waals surface area contributed by atoms with Crippen molar-refractivity contribution in [3.63, 3.8) is 0 Å². The van der Waals surface area contributed by atoms with Crippen LogP contribution in [-0.2, 0) is 0 Å². The van der Waals surface area contributed by atoms with Crippen molar-refractivity contribution in [2.24, 2.45) is 0 Å². The molecule has 148 valence electrons. The van der Waals surface area contributed by atoms with E-state index < -0.39 is 23.1 Å². The summed E-state index contributed by atoms with van der Waals surface area (Å²) in [6, 6.07) is 20.5. The van der Waals surface area contributed by atoms with E-state index in [2.05, 4.69) is 10.3 Å². The topological polar surface area (TPSA) is 42.0 Å². The third-order valence-corrected chi connectivity index (χ3v) is 4.90. The number of aryl methyl sites for hydroxylation is 1. The maximum Gasteiger partial charge on any atom is 0.261 e. The molecule has 0 aliphatic rings. The fraction of sp³-hybridized carbons (Fsp3) is 0.0400. The summed E-state index contributed by atoms with van der Waals surface area (Å²) in [4.78, 5) is 16.7. The number of carbonyl (C=O) groups excluding carboxylic acids is 1. The molecule has 0 spiro atoms. The molecule has 0 saturated carbocycles. The van der Waals surface area contributed by atoms with Gasteiger partial charge in [-0.05, 0) is 65.6 Å². The van der Waals surface area contributed by atoms with Gasteiger partial charge in [-0.25, -0.2) is 8.78 Å². The smallest absolute Gasteiger partial charge is 0.261 e. The third-order valence-electron chi connectivity index (χ3n) is 4.90. The largest absolute Gasteiger partial charge is 0.321 e. The van der Waals surface area contributed by atoms with Crippen LogP contribution in [-0.4, -0.2) is 10.9 Å². The SMILES string of the molecule is Cc1ccccc1-c1ccc(NC(=O)c2c(F)cccc2F)c(-c2ccncc2)c1. The van der Waals surface area contributed by atoms with Crippen molar-refractivity contribution in [3.8, 4) is 22.3 Å². The summed E-state index contributed by atoms with van der Waals surface area (Å²) in [7, 11) is 0. The van der Waals surface area contributed by atoms with E-state index in [9.17, 15) is 13.6 Å². The second-order valence-electron chi connectivity index (χ2n) is 6.86. The summed E-state index contributed by atoms with van der Waals surface area (Å²) < 4.78 is 28.1. The molecule has 4 aromatic rings. The van der Waals surface area contributed by atoms with E-state index in [1.807, 2.05) is 55.5 Å². The molecule has 1 N–H and O–H groups in total. The molecule has 0 aliphatic heterocycles. The molecule has 0 bridgehead atoms. The highest BCUT2D eigenvalue weighted by atomic mass is 19.1. The maximum atomic E-state index is 14.0. The van der Waals surface area contributed by atoms with Crippen LogP contribution >= 0.6 is 0 Å². The van der Waals surface area contributed by atoms with Gasteiger partial charge in [0.1, 0.15) is 17.2 Å². The number of nitrogens with zero attached hydrogens (tertiary/aromatic N) is 1. The minimum Gasteiger partial charge on any atom is -0.321 e. The number of halogens is 2. The van der Waals surface area contributed by atoms with Crippen molar-refractivity contribution < 1.29 is 13.6 Å². The molecule has 1 amide bonds. The number of nitrogens with one attached hydrogen (secondary N) is 1. The Balaban J connectivity index is 1.80. The number of pyridine rings is 1. The van der Waals surface area contributed by atoms with E-state index in [0.29, 0.717) is 5.69 Å².